The van der Waals surface area contributed by atoms with Crippen LogP contribution in [0.2, 0.25) is 0 Å². The molecule has 0 aromatic heterocycles. The molecule has 0 radical (unpaired) electrons. The second-order valence-electron chi connectivity index (χ2n) is 8.66. The maximum absolute atomic E-state index is 13.9. The lowest BCUT2D eigenvalue weighted by Crippen LogP contribution is -2.45. The number of nitrogens with one attached hydrogen (secondary N) is 1. The van der Waals surface area contributed by atoms with Gasteiger partial charge in [-0.3, -0.25) is 9.59 Å². The van der Waals surface area contributed by atoms with Crippen LogP contribution in [0.15, 0.2) is 42.5 Å². The summed E-state index contributed by atoms with van der Waals surface area (Å²) >= 11 is 0. The van der Waals surface area contributed by atoms with Crippen LogP contribution in [-0.2, 0) is 10.2 Å². The SMILES string of the molecule is Cc1cccc(C(C)(C)CNC(=O)C2CCN(C(=O)c3ccc(F)cc3F)CC2)c1. The Labute approximate surface area is 176 Å². The molecule has 0 atom stereocenters. The normalized spacial score (nSPS) is 15.2. The molecule has 0 aliphatic carbocycles. The molecule has 0 spiro atoms. The Kier molecular flexibility index (Phi) is 6.54. The molecule has 30 heavy (non-hydrogen) atoms. The molecule has 1 aliphatic heterocycles. The van der Waals surface area contributed by atoms with E-state index in [1.165, 1.54) is 22.1 Å². The number of likely N-dealkylation sites (tertiary alicyclic amines) is 1. The number of carbonyl (C=O) groups is 2. The molecule has 6 heteroatoms. The van der Waals surface area contributed by atoms with Gasteiger partial charge < -0.3 is 10.2 Å². The van der Waals surface area contributed by atoms with E-state index in [9.17, 15) is 18.4 Å². The summed E-state index contributed by atoms with van der Waals surface area (Å²) < 4.78 is 27.0. The van der Waals surface area contributed by atoms with Gasteiger partial charge >= 0.3 is 0 Å². The Hall–Kier alpha value is -2.76. The number of benzene rings is 2. The minimum Gasteiger partial charge on any atom is -0.355 e. The standard InChI is InChI=1S/C24H28F2N2O2/c1-16-5-4-6-18(13-16)24(2,3)15-27-22(29)17-9-11-28(12-10-17)23(30)20-8-7-19(25)14-21(20)26/h4-8,13-14,17H,9-12,15H2,1-3H3,(H,27,29). The summed E-state index contributed by atoms with van der Waals surface area (Å²) in [5.74, 6) is -2.24. The molecule has 160 valence electrons. The predicted molar refractivity (Wildman–Crippen MR) is 112 cm³/mol. The van der Waals surface area contributed by atoms with Crippen molar-refractivity contribution in [1.29, 1.82) is 0 Å². The summed E-state index contributed by atoms with van der Waals surface area (Å²) in [4.78, 5) is 26.7. The van der Waals surface area contributed by atoms with Crippen molar-refractivity contribution < 1.29 is 18.4 Å². The molecule has 1 saturated heterocycles. The van der Waals surface area contributed by atoms with Gasteiger partial charge in [-0.2, -0.15) is 0 Å². The fourth-order valence-corrected chi connectivity index (χ4v) is 3.80. The first kappa shape index (κ1) is 21.9. The molecule has 2 amide bonds. The lowest BCUT2D eigenvalue weighted by molar-refractivity contribution is -0.126. The maximum Gasteiger partial charge on any atom is 0.256 e. The molecule has 2 aromatic carbocycles. The highest BCUT2D eigenvalue weighted by molar-refractivity contribution is 5.94. The van der Waals surface area contributed by atoms with Gasteiger partial charge in [0.2, 0.25) is 5.91 Å². The van der Waals surface area contributed by atoms with Gasteiger partial charge in [0, 0.05) is 37.0 Å². The lowest BCUT2D eigenvalue weighted by Gasteiger charge is -2.32. The Balaban J connectivity index is 1.53. The number of amides is 2. The third-order valence-electron chi connectivity index (χ3n) is 5.82. The molecule has 1 fully saturated rings. The fraction of sp³-hybridized carbons (Fsp3) is 0.417. The Morgan fingerprint density at radius 3 is 2.43 bits per heavy atom. The Bertz CT molecular complexity index is 935. The monoisotopic (exact) mass is 414 g/mol. The van der Waals surface area contributed by atoms with Crippen molar-refractivity contribution in [3.8, 4) is 0 Å². The van der Waals surface area contributed by atoms with Crippen LogP contribution in [0.5, 0.6) is 0 Å². The smallest absolute Gasteiger partial charge is 0.256 e. The molecule has 0 bridgehead atoms. The highest BCUT2D eigenvalue weighted by Gasteiger charge is 2.30. The van der Waals surface area contributed by atoms with Crippen molar-refractivity contribution in [2.45, 2.75) is 39.0 Å². The van der Waals surface area contributed by atoms with E-state index in [1.54, 1.807) is 0 Å². The number of hydrogen-bond donors (Lipinski definition) is 1. The number of nitrogens with zero attached hydrogens (tertiary/aromatic N) is 1. The molecular weight excluding hydrogens is 386 g/mol. The van der Waals surface area contributed by atoms with Crippen molar-refractivity contribution in [2.75, 3.05) is 19.6 Å². The van der Waals surface area contributed by atoms with Gasteiger partial charge in [0.1, 0.15) is 11.6 Å². The first-order valence-electron chi connectivity index (χ1n) is 10.3. The topological polar surface area (TPSA) is 49.4 Å². The summed E-state index contributed by atoms with van der Waals surface area (Å²) in [5.41, 5.74) is 2.02. The molecule has 0 unspecified atom stereocenters. The van der Waals surface area contributed by atoms with Crippen LogP contribution in [0.4, 0.5) is 8.78 Å². The number of rotatable bonds is 5. The summed E-state index contributed by atoms with van der Waals surface area (Å²) in [6, 6.07) is 11.2. The van der Waals surface area contributed by atoms with Gasteiger partial charge in [0.05, 0.1) is 5.56 Å². The number of carbonyl (C=O) groups excluding carboxylic acids is 2. The lowest BCUT2D eigenvalue weighted by atomic mass is 9.83. The van der Waals surface area contributed by atoms with Crippen LogP contribution in [0.1, 0.15) is 48.2 Å². The third kappa shape index (κ3) is 5.04. The van der Waals surface area contributed by atoms with Crippen molar-refractivity contribution in [3.63, 3.8) is 0 Å². The van der Waals surface area contributed by atoms with Crippen LogP contribution >= 0.6 is 0 Å². The minimum atomic E-state index is -0.863. The van der Waals surface area contributed by atoms with Gasteiger partial charge in [-0.15, -0.1) is 0 Å². The predicted octanol–water partition coefficient (Wildman–Crippen LogP) is 4.22. The second-order valence-corrected chi connectivity index (χ2v) is 8.66. The quantitative estimate of drug-likeness (QED) is 0.797. The summed E-state index contributed by atoms with van der Waals surface area (Å²) in [7, 11) is 0. The zero-order valence-corrected chi connectivity index (χ0v) is 17.7. The Morgan fingerprint density at radius 1 is 1.10 bits per heavy atom. The number of aryl methyl sites for hydroxylation is 1. The van der Waals surface area contributed by atoms with Crippen molar-refractivity contribution in [1.82, 2.24) is 10.2 Å². The van der Waals surface area contributed by atoms with Crippen LogP contribution < -0.4 is 5.32 Å². The molecular formula is C24H28F2N2O2. The van der Waals surface area contributed by atoms with Gasteiger partial charge in [-0.1, -0.05) is 43.7 Å². The van der Waals surface area contributed by atoms with Gasteiger partial charge in [0.15, 0.2) is 0 Å². The molecule has 4 nitrogen and oxygen atoms in total. The second kappa shape index (κ2) is 8.94. The van der Waals surface area contributed by atoms with E-state index in [1.807, 2.05) is 19.1 Å². The van der Waals surface area contributed by atoms with Crippen molar-refractivity contribution in [3.05, 3.63) is 70.8 Å². The summed E-state index contributed by atoms with van der Waals surface area (Å²) in [6.45, 7) is 7.51. The molecule has 0 saturated carbocycles. The van der Waals surface area contributed by atoms with E-state index in [2.05, 4.69) is 31.3 Å². The van der Waals surface area contributed by atoms with Gasteiger partial charge in [-0.05, 0) is 37.5 Å². The van der Waals surface area contributed by atoms with E-state index in [-0.39, 0.29) is 22.8 Å². The first-order chi connectivity index (χ1) is 14.2. The van der Waals surface area contributed by atoms with E-state index >= 15 is 0 Å². The zero-order valence-electron chi connectivity index (χ0n) is 17.7. The van der Waals surface area contributed by atoms with Crippen LogP contribution in [0, 0.1) is 24.5 Å². The number of hydrogen-bond acceptors (Lipinski definition) is 2. The fourth-order valence-electron chi connectivity index (χ4n) is 3.80. The van der Waals surface area contributed by atoms with Crippen molar-refractivity contribution in [2.24, 2.45) is 5.92 Å². The highest BCUT2D eigenvalue weighted by Crippen LogP contribution is 2.24. The molecule has 1 N–H and O–H groups in total. The summed E-state index contributed by atoms with van der Waals surface area (Å²) in [5, 5.41) is 3.06. The number of halogens is 2. The molecule has 1 aliphatic rings. The van der Waals surface area contributed by atoms with E-state index in [4.69, 9.17) is 0 Å². The molecule has 2 aromatic rings. The molecule has 3 rings (SSSR count). The summed E-state index contributed by atoms with van der Waals surface area (Å²) in [6.07, 6.45) is 1.04. The van der Waals surface area contributed by atoms with Gasteiger partial charge in [0.25, 0.3) is 5.91 Å². The largest absolute Gasteiger partial charge is 0.355 e. The highest BCUT2D eigenvalue weighted by atomic mass is 19.1. The Morgan fingerprint density at radius 2 is 1.80 bits per heavy atom. The third-order valence-corrected chi connectivity index (χ3v) is 5.82. The van der Waals surface area contributed by atoms with E-state index in [0.29, 0.717) is 38.5 Å². The van der Waals surface area contributed by atoms with E-state index in [0.717, 1.165) is 6.07 Å². The number of piperidine rings is 1. The van der Waals surface area contributed by atoms with Crippen LogP contribution in [0.3, 0.4) is 0 Å². The zero-order chi connectivity index (χ0) is 21.9. The first-order valence-corrected chi connectivity index (χ1v) is 10.3. The van der Waals surface area contributed by atoms with Gasteiger partial charge in [-0.25, -0.2) is 8.78 Å². The van der Waals surface area contributed by atoms with Crippen molar-refractivity contribution >= 4 is 11.8 Å². The molecule has 1 heterocycles. The maximum atomic E-state index is 13.9. The minimum absolute atomic E-state index is 0.0178. The van der Waals surface area contributed by atoms with Crippen LogP contribution in [-0.4, -0.2) is 36.3 Å². The average molecular weight is 414 g/mol. The van der Waals surface area contributed by atoms with E-state index < -0.39 is 17.5 Å². The average Bonchev–Trinajstić information content (AvgIpc) is 2.72. The van der Waals surface area contributed by atoms with Crippen LogP contribution in [0.25, 0.3) is 0 Å².